The fourth-order valence-electron chi connectivity index (χ4n) is 1.88. The number of hydrogen-bond donors (Lipinski definition) is 2. The number of anilines is 1. The summed E-state index contributed by atoms with van der Waals surface area (Å²) in [5.74, 6) is 1.40. The van der Waals surface area contributed by atoms with Crippen molar-refractivity contribution in [2.45, 2.75) is 32.6 Å². The number of nitrogens with zero attached hydrogens (tertiary/aromatic N) is 2. The van der Waals surface area contributed by atoms with E-state index in [4.69, 9.17) is 11.6 Å². The minimum Gasteiger partial charge on any atom is -0.368 e. The highest BCUT2D eigenvalue weighted by Gasteiger charge is 2.28. The van der Waals surface area contributed by atoms with Crippen LogP contribution in [0.3, 0.4) is 0 Å². The number of rotatable bonds is 6. The van der Waals surface area contributed by atoms with Crippen molar-refractivity contribution in [1.82, 2.24) is 15.3 Å². The Bertz CT molecular complexity index is 460. The van der Waals surface area contributed by atoms with Gasteiger partial charge >= 0.3 is 0 Å². The summed E-state index contributed by atoms with van der Waals surface area (Å²) in [6.07, 6.45) is 3.50. The van der Waals surface area contributed by atoms with E-state index in [1.54, 1.807) is 0 Å². The molecule has 0 aromatic carbocycles. The average molecular weight is 283 g/mol. The highest BCUT2D eigenvalue weighted by atomic mass is 35.5. The van der Waals surface area contributed by atoms with Gasteiger partial charge in [-0.15, -0.1) is 0 Å². The first-order chi connectivity index (χ1) is 9.09. The highest BCUT2D eigenvalue weighted by Crippen LogP contribution is 2.29. The molecule has 1 heterocycles. The summed E-state index contributed by atoms with van der Waals surface area (Å²) in [6, 6.07) is 0. The third kappa shape index (κ3) is 3.80. The number of nitrogens with one attached hydrogen (secondary N) is 2. The lowest BCUT2D eigenvalue weighted by atomic mass is 10.1. The zero-order valence-corrected chi connectivity index (χ0v) is 12.0. The fraction of sp³-hybridized carbons (Fsp3) is 0.615. The van der Waals surface area contributed by atoms with Crippen LogP contribution in [0.4, 0.5) is 5.82 Å². The molecule has 1 amide bonds. The minimum atomic E-state index is 0.159. The van der Waals surface area contributed by atoms with Crippen molar-refractivity contribution < 1.29 is 4.79 Å². The van der Waals surface area contributed by atoms with Crippen LogP contribution in [0.2, 0.25) is 5.15 Å². The van der Waals surface area contributed by atoms with Gasteiger partial charge in [0, 0.05) is 24.6 Å². The summed E-state index contributed by atoms with van der Waals surface area (Å²) < 4.78 is 0. The van der Waals surface area contributed by atoms with Crippen LogP contribution in [0.1, 0.15) is 38.2 Å². The molecule has 2 rings (SSSR count). The second-order valence-electron chi connectivity index (χ2n) is 5.07. The van der Waals surface area contributed by atoms with Crippen LogP contribution in [-0.4, -0.2) is 29.0 Å². The number of aromatic nitrogens is 2. The second-order valence-corrected chi connectivity index (χ2v) is 5.43. The second kappa shape index (κ2) is 6.19. The van der Waals surface area contributed by atoms with Gasteiger partial charge in [-0.05, 0) is 18.8 Å². The Labute approximate surface area is 118 Å². The van der Waals surface area contributed by atoms with E-state index < -0.39 is 0 Å². The summed E-state index contributed by atoms with van der Waals surface area (Å²) in [7, 11) is 0. The van der Waals surface area contributed by atoms with Crippen molar-refractivity contribution in [3.05, 3.63) is 17.0 Å². The summed E-state index contributed by atoms with van der Waals surface area (Å²) in [6.45, 7) is 5.31. The molecule has 0 unspecified atom stereocenters. The van der Waals surface area contributed by atoms with Crippen molar-refractivity contribution in [3.63, 3.8) is 0 Å². The molecular weight excluding hydrogens is 264 g/mol. The molecule has 6 heteroatoms. The van der Waals surface area contributed by atoms with E-state index in [9.17, 15) is 4.79 Å². The first kappa shape index (κ1) is 14.1. The summed E-state index contributed by atoms with van der Waals surface area (Å²) in [5.41, 5.74) is 0.915. The Kier molecular flexibility index (Phi) is 4.58. The molecule has 0 bridgehead atoms. The SMILES string of the molecule is CC(C)c1c(Cl)ncnc1NCCNC(=O)C1CC1. The molecule has 5 nitrogen and oxygen atoms in total. The van der Waals surface area contributed by atoms with E-state index in [1.807, 2.05) is 13.8 Å². The van der Waals surface area contributed by atoms with Gasteiger partial charge in [-0.3, -0.25) is 4.79 Å². The Hall–Kier alpha value is -1.36. The van der Waals surface area contributed by atoms with Gasteiger partial charge in [-0.25, -0.2) is 9.97 Å². The van der Waals surface area contributed by atoms with Gasteiger partial charge in [0.2, 0.25) is 5.91 Å². The molecular formula is C13H19ClN4O. The van der Waals surface area contributed by atoms with Gasteiger partial charge in [0.15, 0.2) is 0 Å². The monoisotopic (exact) mass is 282 g/mol. The third-order valence-corrected chi connectivity index (χ3v) is 3.38. The van der Waals surface area contributed by atoms with Crippen molar-refractivity contribution in [3.8, 4) is 0 Å². The zero-order valence-electron chi connectivity index (χ0n) is 11.2. The standard InChI is InChI=1S/C13H19ClN4O/c1-8(2)10-11(14)17-7-18-12(10)15-5-6-16-13(19)9-3-4-9/h7-9H,3-6H2,1-2H3,(H,16,19)(H,15,17,18). The highest BCUT2D eigenvalue weighted by molar-refractivity contribution is 6.30. The fourth-order valence-corrected chi connectivity index (χ4v) is 2.23. The molecule has 2 N–H and O–H groups in total. The Morgan fingerprint density at radius 1 is 1.42 bits per heavy atom. The molecule has 104 valence electrons. The van der Waals surface area contributed by atoms with Crippen LogP contribution in [0.5, 0.6) is 0 Å². The van der Waals surface area contributed by atoms with Crippen LogP contribution < -0.4 is 10.6 Å². The van der Waals surface area contributed by atoms with E-state index in [1.165, 1.54) is 6.33 Å². The topological polar surface area (TPSA) is 66.9 Å². The van der Waals surface area contributed by atoms with Gasteiger partial charge < -0.3 is 10.6 Å². The van der Waals surface area contributed by atoms with Gasteiger partial charge in [-0.1, -0.05) is 25.4 Å². The summed E-state index contributed by atoms with van der Waals surface area (Å²) in [5, 5.41) is 6.58. The average Bonchev–Trinajstić information content (AvgIpc) is 3.18. The maximum atomic E-state index is 11.5. The molecule has 0 radical (unpaired) electrons. The molecule has 1 aliphatic carbocycles. The lowest BCUT2D eigenvalue weighted by Crippen LogP contribution is -2.30. The molecule has 1 aliphatic rings. The normalized spacial score (nSPS) is 14.5. The molecule has 19 heavy (non-hydrogen) atoms. The predicted molar refractivity (Wildman–Crippen MR) is 75.4 cm³/mol. The Balaban J connectivity index is 1.85. The van der Waals surface area contributed by atoms with Gasteiger partial charge in [0.1, 0.15) is 17.3 Å². The third-order valence-electron chi connectivity index (χ3n) is 3.08. The summed E-state index contributed by atoms with van der Waals surface area (Å²) >= 11 is 6.08. The number of carbonyl (C=O) groups excluding carboxylic acids is 1. The maximum absolute atomic E-state index is 11.5. The van der Waals surface area contributed by atoms with Crippen molar-refractivity contribution >= 4 is 23.3 Å². The molecule has 0 spiro atoms. The number of carbonyl (C=O) groups is 1. The number of hydrogen-bond acceptors (Lipinski definition) is 4. The van der Waals surface area contributed by atoms with Gasteiger partial charge in [-0.2, -0.15) is 0 Å². The van der Waals surface area contributed by atoms with Crippen LogP contribution in [-0.2, 0) is 4.79 Å². The lowest BCUT2D eigenvalue weighted by molar-refractivity contribution is -0.122. The molecule has 1 saturated carbocycles. The first-order valence-corrected chi connectivity index (χ1v) is 6.99. The zero-order chi connectivity index (χ0) is 13.8. The first-order valence-electron chi connectivity index (χ1n) is 6.61. The predicted octanol–water partition coefficient (Wildman–Crippen LogP) is 2.19. The largest absolute Gasteiger partial charge is 0.368 e. The van der Waals surface area contributed by atoms with Crippen molar-refractivity contribution in [2.24, 2.45) is 5.92 Å². The van der Waals surface area contributed by atoms with Crippen molar-refractivity contribution in [2.75, 3.05) is 18.4 Å². The summed E-state index contributed by atoms with van der Waals surface area (Å²) in [4.78, 5) is 19.7. The molecule has 0 aliphatic heterocycles. The molecule has 1 aromatic heterocycles. The van der Waals surface area contributed by atoms with E-state index >= 15 is 0 Å². The van der Waals surface area contributed by atoms with Crippen LogP contribution in [0, 0.1) is 5.92 Å². The molecule has 0 atom stereocenters. The molecule has 1 aromatic rings. The van der Waals surface area contributed by atoms with E-state index in [2.05, 4.69) is 20.6 Å². The van der Waals surface area contributed by atoms with Gasteiger partial charge in [0.05, 0.1) is 0 Å². The van der Waals surface area contributed by atoms with Crippen LogP contribution in [0.25, 0.3) is 0 Å². The maximum Gasteiger partial charge on any atom is 0.223 e. The van der Waals surface area contributed by atoms with Gasteiger partial charge in [0.25, 0.3) is 0 Å². The van der Waals surface area contributed by atoms with Crippen LogP contribution >= 0.6 is 11.6 Å². The lowest BCUT2D eigenvalue weighted by Gasteiger charge is -2.14. The Morgan fingerprint density at radius 3 is 2.79 bits per heavy atom. The number of amides is 1. The van der Waals surface area contributed by atoms with E-state index in [-0.39, 0.29) is 17.7 Å². The van der Waals surface area contributed by atoms with E-state index in [0.717, 1.165) is 24.2 Å². The van der Waals surface area contributed by atoms with Crippen molar-refractivity contribution in [1.29, 1.82) is 0 Å². The smallest absolute Gasteiger partial charge is 0.223 e. The van der Waals surface area contributed by atoms with E-state index in [0.29, 0.717) is 18.2 Å². The Morgan fingerprint density at radius 2 is 2.16 bits per heavy atom. The quantitative estimate of drug-likeness (QED) is 0.620. The number of halogens is 1. The minimum absolute atomic E-state index is 0.159. The molecule has 0 saturated heterocycles. The molecule has 1 fully saturated rings. The van der Waals surface area contributed by atoms with Crippen LogP contribution in [0.15, 0.2) is 6.33 Å².